The fourth-order valence-electron chi connectivity index (χ4n) is 5.78. The molecule has 4 heterocycles. The highest BCUT2D eigenvalue weighted by Crippen LogP contribution is 2.69. The maximum Gasteiger partial charge on any atom is 0.123 e. The third kappa shape index (κ3) is 1.71. The van der Waals surface area contributed by atoms with E-state index in [4.69, 9.17) is 4.98 Å². The minimum Gasteiger partial charge on any atom is -0.353 e. The van der Waals surface area contributed by atoms with Crippen molar-refractivity contribution >= 4 is 27.2 Å². The summed E-state index contributed by atoms with van der Waals surface area (Å²) >= 11 is 1.91. The lowest BCUT2D eigenvalue weighted by atomic mass is 9.52. The van der Waals surface area contributed by atoms with Crippen molar-refractivity contribution in [1.29, 1.82) is 0 Å². The molecule has 0 saturated heterocycles. The van der Waals surface area contributed by atoms with Crippen LogP contribution < -0.4 is 4.90 Å². The van der Waals surface area contributed by atoms with Gasteiger partial charge in [0.2, 0.25) is 0 Å². The first kappa shape index (κ1) is 17.2. The van der Waals surface area contributed by atoms with Gasteiger partial charge in [-0.25, -0.2) is 4.98 Å². The van der Waals surface area contributed by atoms with E-state index < -0.39 is 0 Å². The van der Waals surface area contributed by atoms with Crippen LogP contribution in [-0.4, -0.2) is 4.98 Å². The first-order valence-corrected chi connectivity index (χ1v) is 10.7. The SMILES string of the molecule is Cc1cccc2c1N1[C@@H](C)c3c(sc4ncccc34)C1(C)C(C)(C)C2(C)C. The number of rotatable bonds is 0. The molecule has 1 unspecified atom stereocenters. The number of nitrogens with zero attached hydrogens (tertiary/aromatic N) is 2. The number of fused-ring (bicyclic) bond motifs is 7. The molecule has 5 rings (SSSR count). The summed E-state index contributed by atoms with van der Waals surface area (Å²) in [4.78, 5) is 10.1. The zero-order valence-electron chi connectivity index (χ0n) is 17.3. The Hall–Kier alpha value is -1.87. The molecule has 0 spiro atoms. The van der Waals surface area contributed by atoms with E-state index in [1.54, 1.807) is 0 Å². The third-order valence-corrected chi connectivity index (χ3v) is 9.51. The Balaban J connectivity index is 1.94. The van der Waals surface area contributed by atoms with Gasteiger partial charge in [-0.15, -0.1) is 11.3 Å². The second kappa shape index (κ2) is 4.94. The van der Waals surface area contributed by atoms with Crippen LogP contribution in [0.1, 0.15) is 69.2 Å². The molecule has 2 aliphatic heterocycles. The molecule has 3 aromatic rings. The van der Waals surface area contributed by atoms with E-state index in [-0.39, 0.29) is 16.4 Å². The van der Waals surface area contributed by atoms with Crippen molar-refractivity contribution in [3.8, 4) is 0 Å². The van der Waals surface area contributed by atoms with Crippen LogP contribution in [0.4, 0.5) is 5.69 Å². The number of aryl methyl sites for hydroxylation is 1. The van der Waals surface area contributed by atoms with Crippen molar-refractivity contribution in [3.05, 3.63) is 58.1 Å². The van der Waals surface area contributed by atoms with Gasteiger partial charge in [-0.05, 0) is 43.4 Å². The molecule has 27 heavy (non-hydrogen) atoms. The summed E-state index contributed by atoms with van der Waals surface area (Å²) in [6.07, 6.45) is 1.92. The van der Waals surface area contributed by atoms with Gasteiger partial charge in [-0.1, -0.05) is 52.0 Å². The van der Waals surface area contributed by atoms with Crippen LogP contribution in [0.5, 0.6) is 0 Å². The molecule has 140 valence electrons. The minimum absolute atomic E-state index is 0.0567. The Morgan fingerprint density at radius 3 is 2.52 bits per heavy atom. The van der Waals surface area contributed by atoms with Gasteiger partial charge in [0.05, 0.1) is 11.6 Å². The van der Waals surface area contributed by atoms with Gasteiger partial charge in [0.1, 0.15) is 4.83 Å². The standard InChI is InChI=1S/C24H28N2S/c1-14-10-8-12-17-19(14)26-15(2)18-16-11-9-13-25-21(16)27-20(18)24(26,7)23(5,6)22(17,3)4/h8-13,15H,1-7H3/t15-,24?/m0/s1. The highest BCUT2D eigenvalue weighted by atomic mass is 32.1. The molecule has 1 aromatic carbocycles. The number of hydrogen-bond acceptors (Lipinski definition) is 3. The van der Waals surface area contributed by atoms with Crippen molar-refractivity contribution < 1.29 is 0 Å². The molecular weight excluding hydrogens is 348 g/mol. The first-order chi connectivity index (χ1) is 12.6. The highest BCUT2D eigenvalue weighted by Gasteiger charge is 2.64. The topological polar surface area (TPSA) is 16.1 Å². The molecule has 2 aromatic heterocycles. The largest absolute Gasteiger partial charge is 0.353 e. The summed E-state index contributed by atoms with van der Waals surface area (Å²) in [7, 11) is 0. The van der Waals surface area contributed by atoms with Gasteiger partial charge in [0.15, 0.2) is 0 Å². The number of aromatic nitrogens is 1. The molecule has 0 aliphatic carbocycles. The average molecular weight is 377 g/mol. The van der Waals surface area contributed by atoms with Gasteiger partial charge in [-0.3, -0.25) is 0 Å². The predicted octanol–water partition coefficient (Wildman–Crippen LogP) is 6.72. The summed E-state index contributed by atoms with van der Waals surface area (Å²) < 4.78 is 0. The lowest BCUT2D eigenvalue weighted by Crippen LogP contribution is -2.61. The summed E-state index contributed by atoms with van der Waals surface area (Å²) in [5.74, 6) is 0. The number of benzene rings is 1. The Morgan fingerprint density at radius 2 is 1.78 bits per heavy atom. The predicted molar refractivity (Wildman–Crippen MR) is 116 cm³/mol. The smallest absolute Gasteiger partial charge is 0.123 e. The second-order valence-corrected chi connectivity index (χ2v) is 10.5. The maximum absolute atomic E-state index is 4.69. The van der Waals surface area contributed by atoms with Crippen LogP contribution in [0.3, 0.4) is 0 Å². The Morgan fingerprint density at radius 1 is 1.04 bits per heavy atom. The van der Waals surface area contributed by atoms with Gasteiger partial charge in [0, 0.05) is 33.1 Å². The number of para-hydroxylation sites is 1. The number of thiophene rings is 1. The van der Waals surface area contributed by atoms with Gasteiger partial charge >= 0.3 is 0 Å². The van der Waals surface area contributed by atoms with E-state index in [0.29, 0.717) is 6.04 Å². The molecule has 2 atom stereocenters. The van der Waals surface area contributed by atoms with Crippen LogP contribution in [-0.2, 0) is 11.0 Å². The minimum atomic E-state index is -0.0598. The van der Waals surface area contributed by atoms with E-state index in [9.17, 15) is 0 Å². The summed E-state index contributed by atoms with van der Waals surface area (Å²) in [6.45, 7) is 16.9. The molecule has 0 saturated carbocycles. The van der Waals surface area contributed by atoms with Crippen molar-refractivity contribution in [2.24, 2.45) is 5.41 Å². The number of hydrogen-bond donors (Lipinski definition) is 0. The monoisotopic (exact) mass is 376 g/mol. The fraction of sp³-hybridized carbons (Fsp3) is 0.458. The zero-order valence-corrected chi connectivity index (χ0v) is 18.2. The molecule has 0 N–H and O–H groups in total. The van der Waals surface area contributed by atoms with E-state index in [0.717, 1.165) is 0 Å². The Bertz CT molecular complexity index is 1090. The zero-order chi connectivity index (χ0) is 19.4. The molecular formula is C24H28N2S. The van der Waals surface area contributed by atoms with Crippen molar-refractivity contribution in [1.82, 2.24) is 4.98 Å². The molecule has 2 aliphatic rings. The van der Waals surface area contributed by atoms with Crippen molar-refractivity contribution in [3.63, 3.8) is 0 Å². The fourth-order valence-corrected chi connectivity index (χ4v) is 7.32. The number of anilines is 1. The summed E-state index contributed by atoms with van der Waals surface area (Å²) in [5.41, 5.74) is 5.85. The van der Waals surface area contributed by atoms with E-state index >= 15 is 0 Å². The van der Waals surface area contributed by atoms with Gasteiger partial charge in [0.25, 0.3) is 0 Å². The number of pyridine rings is 1. The van der Waals surface area contributed by atoms with Gasteiger partial charge in [-0.2, -0.15) is 0 Å². The first-order valence-electron chi connectivity index (χ1n) is 9.91. The van der Waals surface area contributed by atoms with Crippen LogP contribution >= 0.6 is 11.3 Å². The maximum atomic E-state index is 4.69. The van der Waals surface area contributed by atoms with E-state index in [2.05, 4.69) is 83.7 Å². The molecule has 0 amide bonds. The van der Waals surface area contributed by atoms with E-state index in [1.165, 1.54) is 37.5 Å². The second-order valence-electron chi connectivity index (χ2n) is 9.54. The molecule has 0 fully saturated rings. The lowest BCUT2D eigenvalue weighted by molar-refractivity contribution is 0.0672. The Labute approximate surface area is 166 Å². The quantitative estimate of drug-likeness (QED) is 0.433. The van der Waals surface area contributed by atoms with Crippen LogP contribution in [0.15, 0.2) is 36.5 Å². The molecule has 3 heteroatoms. The molecule has 0 radical (unpaired) electrons. The normalized spacial score (nSPS) is 27.4. The van der Waals surface area contributed by atoms with Crippen LogP contribution in [0.25, 0.3) is 10.2 Å². The summed E-state index contributed by atoms with van der Waals surface area (Å²) in [6, 6.07) is 11.5. The van der Waals surface area contributed by atoms with E-state index in [1.807, 2.05) is 17.5 Å². The summed E-state index contributed by atoms with van der Waals surface area (Å²) in [5, 5.41) is 1.34. The van der Waals surface area contributed by atoms with Gasteiger partial charge < -0.3 is 4.90 Å². The van der Waals surface area contributed by atoms with Crippen LogP contribution in [0, 0.1) is 12.3 Å². The van der Waals surface area contributed by atoms with Crippen molar-refractivity contribution in [2.45, 2.75) is 65.5 Å². The third-order valence-electron chi connectivity index (χ3n) is 8.17. The average Bonchev–Trinajstić information content (AvgIpc) is 3.10. The lowest BCUT2D eigenvalue weighted by Gasteiger charge is -2.62. The van der Waals surface area contributed by atoms with Crippen molar-refractivity contribution in [2.75, 3.05) is 4.90 Å². The highest BCUT2D eigenvalue weighted by molar-refractivity contribution is 7.19. The van der Waals surface area contributed by atoms with Crippen LogP contribution in [0.2, 0.25) is 0 Å². The Kier molecular flexibility index (Phi) is 3.15. The molecule has 0 bridgehead atoms. The molecule has 2 nitrogen and oxygen atoms in total.